The van der Waals surface area contributed by atoms with Crippen LogP contribution in [0.15, 0.2) is 12.1 Å². The Morgan fingerprint density at radius 2 is 1.60 bits per heavy atom. The molecule has 0 amide bonds. The number of benzene rings is 1. The molecule has 0 saturated carbocycles. The van der Waals surface area contributed by atoms with Crippen LogP contribution in [0.3, 0.4) is 0 Å². The average molecular weight is 339 g/mol. The molecule has 0 bridgehead atoms. The van der Waals surface area contributed by atoms with Crippen LogP contribution in [0.4, 0.5) is 0 Å². The summed E-state index contributed by atoms with van der Waals surface area (Å²) in [6.07, 6.45) is 3.24. The summed E-state index contributed by atoms with van der Waals surface area (Å²) in [7, 11) is 0. The Morgan fingerprint density at radius 1 is 0.950 bits per heavy atom. The van der Waals surface area contributed by atoms with Crippen molar-refractivity contribution in [3.8, 4) is 5.75 Å². The number of hydrogen-bond acceptors (Lipinski definition) is 2. The van der Waals surface area contributed by atoms with Crippen LogP contribution in [0, 0.1) is 0 Å². The number of halogens is 3. The molecule has 114 valence electrons. The van der Waals surface area contributed by atoms with Gasteiger partial charge in [-0.1, -0.05) is 34.8 Å². The van der Waals surface area contributed by atoms with Gasteiger partial charge in [-0.15, -0.1) is 0 Å². The van der Waals surface area contributed by atoms with Crippen molar-refractivity contribution in [2.24, 2.45) is 0 Å². The highest BCUT2D eigenvalue weighted by molar-refractivity contribution is 6.43. The van der Waals surface area contributed by atoms with E-state index in [1.807, 2.05) is 0 Å². The molecule has 0 radical (unpaired) electrons. The molecule has 0 saturated heterocycles. The fourth-order valence-electron chi connectivity index (χ4n) is 1.66. The highest BCUT2D eigenvalue weighted by Crippen LogP contribution is 2.33. The molecule has 0 unspecified atom stereocenters. The van der Waals surface area contributed by atoms with Crippen LogP contribution in [-0.2, 0) is 0 Å². The number of ether oxygens (including phenoxy) is 1. The minimum atomic E-state index is 0.185. The Hall–Kier alpha value is -0.150. The maximum absolute atomic E-state index is 6.04. The van der Waals surface area contributed by atoms with Gasteiger partial charge in [0, 0.05) is 11.6 Å². The van der Waals surface area contributed by atoms with Crippen LogP contribution < -0.4 is 10.1 Å². The van der Waals surface area contributed by atoms with Crippen molar-refractivity contribution in [2.45, 2.75) is 45.6 Å². The van der Waals surface area contributed by atoms with Crippen LogP contribution >= 0.6 is 34.8 Å². The first-order valence-electron chi connectivity index (χ1n) is 6.82. The molecule has 0 aliphatic rings. The lowest BCUT2D eigenvalue weighted by Gasteiger charge is -2.20. The van der Waals surface area contributed by atoms with Crippen LogP contribution in [0.25, 0.3) is 0 Å². The third-order valence-corrected chi connectivity index (χ3v) is 3.73. The lowest BCUT2D eigenvalue weighted by atomic mass is 10.1. The van der Waals surface area contributed by atoms with E-state index in [9.17, 15) is 0 Å². The second-order valence-electron chi connectivity index (χ2n) is 5.78. The molecule has 0 spiro atoms. The molecule has 20 heavy (non-hydrogen) atoms. The van der Waals surface area contributed by atoms with Crippen molar-refractivity contribution in [1.29, 1.82) is 0 Å². The molecule has 0 atom stereocenters. The van der Waals surface area contributed by atoms with E-state index < -0.39 is 0 Å². The van der Waals surface area contributed by atoms with Crippen molar-refractivity contribution in [1.82, 2.24) is 5.32 Å². The minimum absolute atomic E-state index is 0.185. The zero-order valence-corrected chi connectivity index (χ0v) is 14.5. The summed E-state index contributed by atoms with van der Waals surface area (Å²) in [6.45, 7) is 8.16. The zero-order chi connectivity index (χ0) is 15.2. The molecule has 1 aromatic rings. The van der Waals surface area contributed by atoms with Crippen molar-refractivity contribution in [3.05, 3.63) is 27.2 Å². The van der Waals surface area contributed by atoms with Gasteiger partial charge in [-0.2, -0.15) is 0 Å². The van der Waals surface area contributed by atoms with E-state index in [2.05, 4.69) is 26.1 Å². The molecule has 0 heterocycles. The van der Waals surface area contributed by atoms with Crippen molar-refractivity contribution in [3.63, 3.8) is 0 Å². The Labute approximate surface area is 136 Å². The van der Waals surface area contributed by atoms with Crippen molar-refractivity contribution in [2.75, 3.05) is 13.2 Å². The van der Waals surface area contributed by atoms with Gasteiger partial charge in [0.05, 0.1) is 21.7 Å². The van der Waals surface area contributed by atoms with E-state index in [1.54, 1.807) is 12.1 Å². The first-order chi connectivity index (χ1) is 9.29. The summed E-state index contributed by atoms with van der Waals surface area (Å²) < 4.78 is 5.62. The van der Waals surface area contributed by atoms with Gasteiger partial charge >= 0.3 is 0 Å². The van der Waals surface area contributed by atoms with E-state index in [1.165, 1.54) is 0 Å². The third-order valence-electron chi connectivity index (χ3n) is 2.71. The number of nitrogens with one attached hydrogen (secondary N) is 1. The maximum atomic E-state index is 6.04. The van der Waals surface area contributed by atoms with Crippen LogP contribution in [-0.4, -0.2) is 18.7 Å². The van der Waals surface area contributed by atoms with Gasteiger partial charge < -0.3 is 10.1 Å². The third kappa shape index (κ3) is 7.03. The highest BCUT2D eigenvalue weighted by atomic mass is 35.5. The van der Waals surface area contributed by atoms with Gasteiger partial charge in [0.15, 0.2) is 0 Å². The summed E-state index contributed by atoms with van der Waals surface area (Å²) in [4.78, 5) is 0. The van der Waals surface area contributed by atoms with Gasteiger partial charge in [0.2, 0.25) is 0 Å². The summed E-state index contributed by atoms with van der Waals surface area (Å²) in [6, 6.07) is 3.27. The number of unbranched alkanes of at least 4 members (excludes halogenated alkanes) is 2. The molecule has 0 aromatic heterocycles. The molecular formula is C15H22Cl3NO. The fourth-order valence-corrected chi connectivity index (χ4v) is 2.26. The highest BCUT2D eigenvalue weighted by Gasteiger charge is 2.08. The molecule has 1 rings (SSSR count). The van der Waals surface area contributed by atoms with Crippen LogP contribution in [0.1, 0.15) is 40.0 Å². The topological polar surface area (TPSA) is 21.3 Å². The summed E-state index contributed by atoms with van der Waals surface area (Å²) in [5.74, 6) is 0.592. The molecule has 1 N–H and O–H groups in total. The lowest BCUT2D eigenvalue weighted by Crippen LogP contribution is -2.36. The predicted molar refractivity (Wildman–Crippen MR) is 88.6 cm³/mol. The largest absolute Gasteiger partial charge is 0.492 e. The second-order valence-corrected chi connectivity index (χ2v) is 7.00. The quantitative estimate of drug-likeness (QED) is 0.517. The SMILES string of the molecule is CC(C)(C)NCCCCCOc1cc(Cl)c(Cl)cc1Cl. The van der Waals surface area contributed by atoms with Gasteiger partial charge in [0.25, 0.3) is 0 Å². The Morgan fingerprint density at radius 3 is 2.25 bits per heavy atom. The van der Waals surface area contributed by atoms with E-state index in [4.69, 9.17) is 39.5 Å². The maximum Gasteiger partial charge on any atom is 0.139 e. The zero-order valence-electron chi connectivity index (χ0n) is 12.2. The molecule has 5 heteroatoms. The second kappa shape index (κ2) is 8.33. The van der Waals surface area contributed by atoms with Gasteiger partial charge in [-0.05, 0) is 52.6 Å². The predicted octanol–water partition coefficient (Wildman–Crippen LogP) is 5.58. The van der Waals surface area contributed by atoms with E-state index in [0.717, 1.165) is 25.8 Å². The molecule has 0 fully saturated rings. The smallest absolute Gasteiger partial charge is 0.139 e. The van der Waals surface area contributed by atoms with Gasteiger partial charge in [0.1, 0.15) is 5.75 Å². The van der Waals surface area contributed by atoms with Crippen LogP contribution in [0.5, 0.6) is 5.75 Å². The Kier molecular flexibility index (Phi) is 7.46. The first kappa shape index (κ1) is 17.9. The standard InChI is InChI=1S/C15H22Cl3NO/c1-15(2,3)19-7-5-4-6-8-20-14-10-12(17)11(16)9-13(14)18/h9-10,19H,4-8H2,1-3H3. The number of rotatable bonds is 7. The lowest BCUT2D eigenvalue weighted by molar-refractivity contribution is 0.303. The number of hydrogen-bond donors (Lipinski definition) is 1. The average Bonchev–Trinajstić information content (AvgIpc) is 2.32. The van der Waals surface area contributed by atoms with E-state index in [0.29, 0.717) is 27.4 Å². The monoisotopic (exact) mass is 337 g/mol. The molecule has 1 aromatic carbocycles. The Balaban J connectivity index is 2.20. The molecule has 0 aliphatic carbocycles. The molecule has 0 aliphatic heterocycles. The normalized spacial score (nSPS) is 11.7. The first-order valence-corrected chi connectivity index (χ1v) is 7.95. The summed E-state index contributed by atoms with van der Waals surface area (Å²) in [5, 5.41) is 4.85. The minimum Gasteiger partial charge on any atom is -0.492 e. The summed E-state index contributed by atoms with van der Waals surface area (Å²) in [5.41, 5.74) is 0.185. The summed E-state index contributed by atoms with van der Waals surface area (Å²) >= 11 is 17.8. The van der Waals surface area contributed by atoms with Gasteiger partial charge in [-0.25, -0.2) is 0 Å². The van der Waals surface area contributed by atoms with Crippen molar-refractivity contribution < 1.29 is 4.74 Å². The van der Waals surface area contributed by atoms with E-state index >= 15 is 0 Å². The van der Waals surface area contributed by atoms with Gasteiger partial charge in [-0.3, -0.25) is 0 Å². The van der Waals surface area contributed by atoms with Crippen LogP contribution in [0.2, 0.25) is 15.1 Å². The van der Waals surface area contributed by atoms with Crippen molar-refractivity contribution >= 4 is 34.8 Å². The van der Waals surface area contributed by atoms with E-state index in [-0.39, 0.29) is 5.54 Å². The molecular weight excluding hydrogens is 317 g/mol. The molecule has 2 nitrogen and oxygen atoms in total. The fraction of sp³-hybridized carbons (Fsp3) is 0.600. The Bertz CT molecular complexity index is 430.